The molecule has 0 amide bonds. The zero-order chi connectivity index (χ0) is 17.5. The molecule has 0 aliphatic heterocycles. The van der Waals surface area contributed by atoms with Crippen LogP contribution >= 0.6 is 15.9 Å². The number of rotatable bonds is 9. The lowest BCUT2D eigenvalue weighted by atomic mass is 10.2. The molecule has 0 atom stereocenters. The van der Waals surface area contributed by atoms with E-state index in [-0.39, 0.29) is 0 Å². The monoisotopic (exact) mass is 401 g/mol. The quantitative estimate of drug-likeness (QED) is 0.457. The lowest BCUT2D eigenvalue weighted by Gasteiger charge is -2.05. The maximum atomic E-state index is 5.72. The number of fused-ring (bicyclic) bond motifs is 1. The van der Waals surface area contributed by atoms with Crippen LogP contribution in [0.15, 0.2) is 46.9 Å². The summed E-state index contributed by atoms with van der Waals surface area (Å²) in [5.41, 5.74) is 4.50. The molecule has 0 N–H and O–H groups in total. The first-order chi connectivity index (χ1) is 12.3. The zero-order valence-electron chi connectivity index (χ0n) is 14.6. The molecule has 2 aromatic carbocycles. The van der Waals surface area contributed by atoms with E-state index >= 15 is 0 Å². The first-order valence-electron chi connectivity index (χ1n) is 8.85. The summed E-state index contributed by atoms with van der Waals surface area (Å²) < 4.78 is 8.82. The van der Waals surface area contributed by atoms with Gasteiger partial charge in [0.15, 0.2) is 0 Å². The second kappa shape index (κ2) is 9.11. The summed E-state index contributed by atoms with van der Waals surface area (Å²) in [5.74, 6) is 0. The minimum Gasteiger partial charge on any atom is -0.377 e. The summed E-state index contributed by atoms with van der Waals surface area (Å²) in [6.45, 7) is 4.53. The molecule has 1 heterocycles. The van der Waals surface area contributed by atoms with Gasteiger partial charge < -0.3 is 4.74 Å². The number of ether oxygens (including phenoxy) is 1. The third kappa shape index (κ3) is 4.89. The van der Waals surface area contributed by atoms with E-state index in [9.17, 15) is 0 Å². The van der Waals surface area contributed by atoms with Crippen molar-refractivity contribution in [2.75, 3.05) is 6.61 Å². The summed E-state index contributed by atoms with van der Waals surface area (Å²) in [7, 11) is 0. The van der Waals surface area contributed by atoms with Crippen LogP contribution < -0.4 is 0 Å². The molecule has 0 saturated heterocycles. The van der Waals surface area contributed by atoms with Gasteiger partial charge in [0, 0.05) is 17.6 Å². The van der Waals surface area contributed by atoms with Gasteiger partial charge in [0.2, 0.25) is 0 Å². The van der Waals surface area contributed by atoms with Gasteiger partial charge in [-0.3, -0.25) is 0 Å². The van der Waals surface area contributed by atoms with Crippen molar-refractivity contribution in [2.24, 2.45) is 0 Å². The second-order valence-corrected chi connectivity index (χ2v) is 7.16. The van der Waals surface area contributed by atoms with E-state index in [0.717, 1.165) is 47.1 Å². The summed E-state index contributed by atoms with van der Waals surface area (Å²) in [5, 5.41) is 8.61. The van der Waals surface area contributed by atoms with E-state index in [1.807, 2.05) is 22.9 Å². The summed E-state index contributed by atoms with van der Waals surface area (Å²) >= 11 is 3.55. The predicted octanol–water partition coefficient (Wildman–Crippen LogP) is 5.28. The van der Waals surface area contributed by atoms with Crippen molar-refractivity contribution in [1.29, 1.82) is 0 Å². The maximum absolute atomic E-state index is 5.72. The molecule has 0 radical (unpaired) electrons. The van der Waals surface area contributed by atoms with Gasteiger partial charge in [-0.1, -0.05) is 64.3 Å². The molecular formula is C20H24BrN3O. The van der Waals surface area contributed by atoms with Gasteiger partial charge in [0.05, 0.1) is 12.1 Å². The highest BCUT2D eigenvalue weighted by Crippen LogP contribution is 2.24. The Kier molecular flexibility index (Phi) is 6.59. The summed E-state index contributed by atoms with van der Waals surface area (Å²) in [6, 6.07) is 14.5. The standard InChI is InChI=1S/C20H24BrN3O/c1-16-18(21)11-12-19-20(16)22-23-24(19)13-7-2-3-8-14-25-15-17-9-5-4-6-10-17/h4-6,9-12H,2-3,7-8,13-15H2,1H3. The topological polar surface area (TPSA) is 39.9 Å². The van der Waals surface area contributed by atoms with Crippen molar-refractivity contribution in [1.82, 2.24) is 15.0 Å². The molecule has 0 aliphatic carbocycles. The van der Waals surface area contributed by atoms with Crippen LogP contribution in [0, 0.1) is 6.92 Å². The molecule has 0 bridgehead atoms. The third-order valence-electron chi connectivity index (χ3n) is 4.39. The fourth-order valence-corrected chi connectivity index (χ4v) is 3.21. The van der Waals surface area contributed by atoms with Crippen molar-refractivity contribution in [3.63, 3.8) is 0 Å². The normalized spacial score (nSPS) is 11.3. The number of halogens is 1. The summed E-state index contributed by atoms with van der Waals surface area (Å²) in [4.78, 5) is 0. The van der Waals surface area contributed by atoms with Gasteiger partial charge in [0.25, 0.3) is 0 Å². The van der Waals surface area contributed by atoms with Crippen LogP contribution in [0.4, 0.5) is 0 Å². The van der Waals surface area contributed by atoms with E-state index in [1.54, 1.807) is 0 Å². The molecular weight excluding hydrogens is 378 g/mol. The summed E-state index contributed by atoms with van der Waals surface area (Å²) in [6.07, 6.45) is 4.60. The van der Waals surface area contributed by atoms with Crippen LogP contribution in [0.3, 0.4) is 0 Å². The SMILES string of the molecule is Cc1c(Br)ccc2c1nnn2CCCCCCOCc1ccccc1. The number of hydrogen-bond acceptors (Lipinski definition) is 3. The lowest BCUT2D eigenvalue weighted by Crippen LogP contribution is -2.01. The highest BCUT2D eigenvalue weighted by atomic mass is 79.9. The van der Waals surface area contributed by atoms with Gasteiger partial charge in [-0.2, -0.15) is 0 Å². The fraction of sp³-hybridized carbons (Fsp3) is 0.400. The molecule has 1 aromatic heterocycles. The second-order valence-electron chi connectivity index (χ2n) is 6.31. The smallest absolute Gasteiger partial charge is 0.117 e. The van der Waals surface area contributed by atoms with E-state index in [4.69, 9.17) is 4.74 Å². The Hall–Kier alpha value is -1.72. The molecule has 0 aliphatic rings. The third-order valence-corrected chi connectivity index (χ3v) is 5.25. The van der Waals surface area contributed by atoms with Crippen molar-refractivity contribution in [3.05, 3.63) is 58.1 Å². The largest absolute Gasteiger partial charge is 0.377 e. The van der Waals surface area contributed by atoms with Crippen LogP contribution in [0.5, 0.6) is 0 Å². The van der Waals surface area contributed by atoms with Crippen LogP contribution in [0.25, 0.3) is 11.0 Å². The van der Waals surface area contributed by atoms with Crippen molar-refractivity contribution in [3.8, 4) is 0 Å². The number of aryl methyl sites for hydroxylation is 2. The highest BCUT2D eigenvalue weighted by Gasteiger charge is 2.08. The van der Waals surface area contributed by atoms with E-state index in [0.29, 0.717) is 6.61 Å². The average Bonchev–Trinajstić information content (AvgIpc) is 3.05. The minimum atomic E-state index is 0.709. The number of unbranched alkanes of at least 4 members (excludes halogenated alkanes) is 3. The minimum absolute atomic E-state index is 0.709. The molecule has 3 rings (SSSR count). The first-order valence-corrected chi connectivity index (χ1v) is 9.65. The van der Waals surface area contributed by atoms with Crippen molar-refractivity contribution < 1.29 is 4.74 Å². The maximum Gasteiger partial charge on any atom is 0.117 e. The van der Waals surface area contributed by atoms with Gasteiger partial charge in [0.1, 0.15) is 5.52 Å². The fourth-order valence-electron chi connectivity index (χ4n) is 2.89. The number of benzene rings is 2. The van der Waals surface area contributed by atoms with Gasteiger partial charge in [-0.15, -0.1) is 5.10 Å². The lowest BCUT2D eigenvalue weighted by molar-refractivity contribution is 0.116. The predicted molar refractivity (Wildman–Crippen MR) is 105 cm³/mol. The zero-order valence-corrected chi connectivity index (χ0v) is 16.2. The van der Waals surface area contributed by atoms with Crippen molar-refractivity contribution >= 4 is 27.0 Å². The molecule has 25 heavy (non-hydrogen) atoms. The van der Waals surface area contributed by atoms with Gasteiger partial charge >= 0.3 is 0 Å². The van der Waals surface area contributed by atoms with E-state index in [2.05, 4.69) is 57.4 Å². The van der Waals surface area contributed by atoms with Gasteiger partial charge in [-0.25, -0.2) is 4.68 Å². The Bertz CT molecular complexity index is 801. The Morgan fingerprint density at radius 3 is 2.64 bits per heavy atom. The molecule has 0 fully saturated rings. The number of nitrogens with zero attached hydrogens (tertiary/aromatic N) is 3. The molecule has 3 aromatic rings. The molecule has 0 unspecified atom stereocenters. The van der Waals surface area contributed by atoms with Crippen molar-refractivity contribution in [2.45, 2.75) is 45.8 Å². The first kappa shape index (κ1) is 18.1. The number of aromatic nitrogens is 3. The van der Waals surface area contributed by atoms with E-state index in [1.165, 1.54) is 18.4 Å². The molecule has 0 saturated carbocycles. The van der Waals surface area contributed by atoms with Gasteiger partial charge in [-0.05, 0) is 43.0 Å². The number of hydrogen-bond donors (Lipinski definition) is 0. The Morgan fingerprint density at radius 2 is 1.80 bits per heavy atom. The Morgan fingerprint density at radius 1 is 1.00 bits per heavy atom. The molecule has 0 spiro atoms. The average molecular weight is 402 g/mol. The highest BCUT2D eigenvalue weighted by molar-refractivity contribution is 9.10. The van der Waals surface area contributed by atoms with Crippen LogP contribution in [0.1, 0.15) is 36.8 Å². The molecule has 132 valence electrons. The molecule has 5 heteroatoms. The van der Waals surface area contributed by atoms with Crippen LogP contribution in [0.2, 0.25) is 0 Å². The van der Waals surface area contributed by atoms with Crippen LogP contribution in [-0.4, -0.2) is 21.6 Å². The van der Waals surface area contributed by atoms with Crippen LogP contribution in [-0.2, 0) is 17.9 Å². The van der Waals surface area contributed by atoms with E-state index < -0.39 is 0 Å². The Labute approximate surface area is 157 Å². The Balaban J connectivity index is 1.33. The molecule has 4 nitrogen and oxygen atoms in total.